The molecule has 1 aromatic rings. The minimum absolute atomic E-state index is 0.0151. The normalized spacial score (nSPS) is 12.0. The summed E-state index contributed by atoms with van der Waals surface area (Å²) < 4.78 is 37.4. The van der Waals surface area contributed by atoms with Crippen molar-refractivity contribution < 1.29 is 22.5 Å². The number of carbonyl (C=O) groups is 1. The summed E-state index contributed by atoms with van der Waals surface area (Å²) in [5.41, 5.74) is 1.19. The van der Waals surface area contributed by atoms with Gasteiger partial charge in [0.2, 0.25) is 0 Å². The molecular formula is C20H33NO5S. The molecule has 6 nitrogen and oxygen atoms in total. The number of ether oxygens (including phenoxy) is 1. The number of nitrogens with one attached hydrogen (secondary N) is 1. The first-order chi connectivity index (χ1) is 12.5. The van der Waals surface area contributed by atoms with E-state index in [1.54, 1.807) is 6.07 Å². The number of unbranched alkanes of at least 4 members (excludes halogenated alkanes) is 5. The Hall–Kier alpha value is -1.60. The Morgan fingerprint density at radius 1 is 1.07 bits per heavy atom. The van der Waals surface area contributed by atoms with Gasteiger partial charge >= 0.3 is 6.09 Å². The molecule has 0 saturated heterocycles. The second kappa shape index (κ2) is 10.7. The average molecular weight is 400 g/mol. The van der Waals surface area contributed by atoms with Gasteiger partial charge in [0.25, 0.3) is 10.1 Å². The van der Waals surface area contributed by atoms with Crippen molar-refractivity contribution in [2.75, 3.05) is 6.54 Å². The number of alkyl carbamates (subject to hydrolysis) is 1. The topological polar surface area (TPSA) is 92.7 Å². The lowest BCUT2D eigenvalue weighted by Crippen LogP contribution is -2.32. The number of hydrogen-bond acceptors (Lipinski definition) is 4. The van der Waals surface area contributed by atoms with Crippen molar-refractivity contribution in [3.05, 3.63) is 29.3 Å². The zero-order valence-electron chi connectivity index (χ0n) is 16.9. The van der Waals surface area contributed by atoms with Gasteiger partial charge in [-0.25, -0.2) is 4.79 Å². The predicted molar refractivity (Wildman–Crippen MR) is 107 cm³/mol. The summed E-state index contributed by atoms with van der Waals surface area (Å²) in [5, 5.41) is 2.75. The molecule has 1 rings (SSSR count). The van der Waals surface area contributed by atoms with Crippen LogP contribution in [0.3, 0.4) is 0 Å². The maximum absolute atomic E-state index is 11.5. The maximum atomic E-state index is 11.5. The number of rotatable bonds is 10. The van der Waals surface area contributed by atoms with Crippen molar-refractivity contribution in [3.8, 4) is 0 Å². The lowest BCUT2D eigenvalue weighted by Gasteiger charge is -2.19. The highest BCUT2D eigenvalue weighted by Crippen LogP contribution is 2.20. The zero-order chi connectivity index (χ0) is 20.5. The van der Waals surface area contributed by atoms with Crippen LogP contribution in [0.15, 0.2) is 23.1 Å². The van der Waals surface area contributed by atoms with Crippen LogP contribution in [0.4, 0.5) is 4.79 Å². The predicted octanol–water partition coefficient (Wildman–Crippen LogP) is 4.65. The van der Waals surface area contributed by atoms with Crippen molar-refractivity contribution in [2.45, 2.75) is 83.1 Å². The van der Waals surface area contributed by atoms with Gasteiger partial charge in [0.05, 0.1) is 4.90 Å². The zero-order valence-corrected chi connectivity index (χ0v) is 17.7. The standard InChI is InChI=1S/C20H33NO5S/c1-16-12-13-18(27(23,24)25)17(15-16)11-9-7-5-6-8-10-14-21-19(22)26-20(2,3)4/h12-13,15H,5-11,14H2,1-4H3,(H,21,22)(H,23,24,25). The average Bonchev–Trinajstić information content (AvgIpc) is 2.50. The summed E-state index contributed by atoms with van der Waals surface area (Å²) in [6.07, 6.45) is 6.18. The molecule has 154 valence electrons. The molecule has 0 aliphatic carbocycles. The van der Waals surface area contributed by atoms with Crippen molar-refractivity contribution in [2.24, 2.45) is 0 Å². The third kappa shape index (κ3) is 10.3. The second-order valence-electron chi connectivity index (χ2n) is 7.89. The number of carbonyl (C=O) groups excluding carboxylic acids is 1. The SMILES string of the molecule is Cc1ccc(S(=O)(=O)O)c(CCCCCCCCNC(=O)OC(C)(C)C)c1. The fourth-order valence-electron chi connectivity index (χ4n) is 2.81. The van der Waals surface area contributed by atoms with E-state index in [0.29, 0.717) is 18.5 Å². The highest BCUT2D eigenvalue weighted by molar-refractivity contribution is 7.85. The van der Waals surface area contributed by atoms with Crippen LogP contribution >= 0.6 is 0 Å². The molecule has 0 radical (unpaired) electrons. The van der Waals surface area contributed by atoms with Crippen LogP contribution in [0.1, 0.15) is 70.4 Å². The van der Waals surface area contributed by atoms with Gasteiger partial charge in [0, 0.05) is 6.54 Å². The lowest BCUT2D eigenvalue weighted by molar-refractivity contribution is 0.0527. The molecule has 0 spiro atoms. The molecule has 1 amide bonds. The van der Waals surface area contributed by atoms with E-state index in [4.69, 9.17) is 4.74 Å². The van der Waals surface area contributed by atoms with Gasteiger partial charge in [-0.05, 0) is 58.6 Å². The van der Waals surface area contributed by atoms with Crippen molar-refractivity contribution in [3.63, 3.8) is 0 Å². The van der Waals surface area contributed by atoms with Crippen molar-refractivity contribution in [1.29, 1.82) is 0 Å². The Morgan fingerprint density at radius 3 is 2.26 bits per heavy atom. The van der Waals surface area contributed by atoms with E-state index < -0.39 is 15.7 Å². The summed E-state index contributed by atoms with van der Waals surface area (Å²) in [6.45, 7) is 8.02. The fraction of sp³-hybridized carbons (Fsp3) is 0.650. The highest BCUT2D eigenvalue weighted by Gasteiger charge is 2.16. The number of aryl methyl sites for hydroxylation is 2. The van der Waals surface area contributed by atoms with Crippen LogP contribution in [0, 0.1) is 6.92 Å². The Labute approximate surface area is 163 Å². The Morgan fingerprint density at radius 2 is 1.67 bits per heavy atom. The smallest absolute Gasteiger partial charge is 0.407 e. The molecule has 0 heterocycles. The molecule has 0 aliphatic heterocycles. The quantitative estimate of drug-likeness (QED) is 0.441. The van der Waals surface area contributed by atoms with E-state index in [-0.39, 0.29) is 11.0 Å². The molecule has 27 heavy (non-hydrogen) atoms. The number of benzene rings is 1. The van der Waals surface area contributed by atoms with Crippen molar-refractivity contribution >= 4 is 16.2 Å². The Balaban J connectivity index is 2.18. The van der Waals surface area contributed by atoms with Gasteiger partial charge in [-0.1, -0.05) is 43.4 Å². The monoisotopic (exact) mass is 399 g/mol. The Kier molecular flexibility index (Phi) is 9.26. The van der Waals surface area contributed by atoms with E-state index in [0.717, 1.165) is 44.1 Å². The molecule has 0 fully saturated rings. The van der Waals surface area contributed by atoms with Gasteiger partial charge in [-0.3, -0.25) is 4.55 Å². The Bertz CT molecular complexity index is 708. The van der Waals surface area contributed by atoms with Gasteiger partial charge < -0.3 is 10.1 Å². The first-order valence-corrected chi connectivity index (χ1v) is 11.0. The molecule has 0 atom stereocenters. The van der Waals surface area contributed by atoms with Crippen LogP contribution in [-0.4, -0.2) is 31.2 Å². The molecule has 1 aromatic carbocycles. The van der Waals surface area contributed by atoms with Crippen LogP contribution < -0.4 is 5.32 Å². The highest BCUT2D eigenvalue weighted by atomic mass is 32.2. The van der Waals surface area contributed by atoms with E-state index in [1.165, 1.54) is 6.07 Å². The van der Waals surface area contributed by atoms with Gasteiger partial charge in [0.1, 0.15) is 5.60 Å². The minimum Gasteiger partial charge on any atom is -0.444 e. The second-order valence-corrected chi connectivity index (χ2v) is 9.28. The summed E-state index contributed by atoms with van der Waals surface area (Å²) in [5.74, 6) is 0. The fourth-order valence-corrected chi connectivity index (χ4v) is 3.54. The third-order valence-electron chi connectivity index (χ3n) is 4.04. The molecule has 7 heteroatoms. The molecule has 0 saturated carbocycles. The van der Waals surface area contributed by atoms with Crippen LogP contribution in [-0.2, 0) is 21.3 Å². The summed E-state index contributed by atoms with van der Waals surface area (Å²) in [6, 6.07) is 4.99. The largest absolute Gasteiger partial charge is 0.444 e. The van der Waals surface area contributed by atoms with Crippen LogP contribution in [0.25, 0.3) is 0 Å². The summed E-state index contributed by atoms with van der Waals surface area (Å²) >= 11 is 0. The number of hydrogen-bond donors (Lipinski definition) is 2. The van der Waals surface area contributed by atoms with Gasteiger partial charge in [-0.2, -0.15) is 8.42 Å². The van der Waals surface area contributed by atoms with Crippen LogP contribution in [0.2, 0.25) is 0 Å². The van der Waals surface area contributed by atoms with E-state index in [9.17, 15) is 17.8 Å². The maximum Gasteiger partial charge on any atom is 0.407 e. The van der Waals surface area contributed by atoms with E-state index >= 15 is 0 Å². The summed E-state index contributed by atoms with van der Waals surface area (Å²) in [4.78, 5) is 11.5. The summed E-state index contributed by atoms with van der Waals surface area (Å²) in [7, 11) is -4.17. The van der Waals surface area contributed by atoms with Crippen molar-refractivity contribution in [1.82, 2.24) is 5.32 Å². The van der Waals surface area contributed by atoms with Gasteiger partial charge in [-0.15, -0.1) is 0 Å². The third-order valence-corrected chi connectivity index (χ3v) is 4.99. The van der Waals surface area contributed by atoms with Gasteiger partial charge in [0.15, 0.2) is 0 Å². The molecular weight excluding hydrogens is 366 g/mol. The lowest BCUT2D eigenvalue weighted by atomic mass is 10.0. The van der Waals surface area contributed by atoms with Crippen LogP contribution in [0.5, 0.6) is 0 Å². The molecule has 0 bridgehead atoms. The number of amides is 1. The molecule has 2 N–H and O–H groups in total. The van der Waals surface area contributed by atoms with E-state index in [1.807, 2.05) is 33.8 Å². The molecule has 0 aliphatic rings. The molecule has 0 aromatic heterocycles. The van der Waals surface area contributed by atoms with E-state index in [2.05, 4.69) is 5.32 Å². The minimum atomic E-state index is -4.17. The first-order valence-electron chi connectivity index (χ1n) is 9.53. The molecule has 0 unspecified atom stereocenters. The first kappa shape index (κ1) is 23.4.